The number of para-hydroxylation sites is 1. The monoisotopic (exact) mass is 281 g/mol. The van der Waals surface area contributed by atoms with Crippen molar-refractivity contribution in [3.8, 4) is 5.75 Å². The summed E-state index contributed by atoms with van der Waals surface area (Å²) in [5, 5.41) is 13.9. The Bertz CT molecular complexity index is 400. The Kier molecular flexibility index (Phi) is 5.53. The zero-order valence-corrected chi connectivity index (χ0v) is 12.4. The van der Waals surface area contributed by atoms with Crippen LogP contribution in [0.25, 0.3) is 0 Å². The molecule has 1 aliphatic rings. The summed E-state index contributed by atoms with van der Waals surface area (Å²) in [6.07, 6.45) is 8.15. The van der Waals surface area contributed by atoms with E-state index in [0.29, 0.717) is 17.6 Å². The third-order valence-corrected chi connectivity index (χ3v) is 4.60. The first-order valence-corrected chi connectivity index (χ1v) is 7.76. The minimum absolute atomic E-state index is 0.213. The van der Waals surface area contributed by atoms with Crippen LogP contribution in [0.4, 0.5) is 0 Å². The molecule has 1 aromatic rings. The molecule has 1 aromatic carbocycles. The summed E-state index contributed by atoms with van der Waals surface area (Å²) in [6.45, 7) is 2.95. The van der Waals surface area contributed by atoms with Crippen molar-refractivity contribution >= 4 is 11.6 Å². The minimum Gasteiger partial charge on any atom is -0.506 e. The van der Waals surface area contributed by atoms with Crippen LogP contribution in [0.2, 0.25) is 5.02 Å². The van der Waals surface area contributed by atoms with Crippen molar-refractivity contribution in [3.05, 3.63) is 28.8 Å². The Morgan fingerprint density at radius 2 is 1.95 bits per heavy atom. The lowest BCUT2D eigenvalue weighted by molar-refractivity contribution is 0.334. The number of hydrogen-bond acceptors (Lipinski definition) is 2. The third kappa shape index (κ3) is 4.12. The van der Waals surface area contributed by atoms with Gasteiger partial charge in [0.15, 0.2) is 0 Å². The van der Waals surface area contributed by atoms with Crippen molar-refractivity contribution in [1.29, 1.82) is 0 Å². The predicted molar refractivity (Wildman–Crippen MR) is 80.6 cm³/mol. The van der Waals surface area contributed by atoms with Crippen molar-refractivity contribution in [3.63, 3.8) is 0 Å². The largest absolute Gasteiger partial charge is 0.506 e. The summed E-state index contributed by atoms with van der Waals surface area (Å²) >= 11 is 5.92. The van der Waals surface area contributed by atoms with E-state index >= 15 is 0 Å². The SMILES string of the molecule is C[C@H](NCc1cccc(Cl)c1O)C1CCCCCC1. The molecule has 2 N–H and O–H groups in total. The Balaban J connectivity index is 1.88. The van der Waals surface area contributed by atoms with Gasteiger partial charge in [-0.15, -0.1) is 0 Å². The van der Waals surface area contributed by atoms with E-state index < -0.39 is 0 Å². The van der Waals surface area contributed by atoms with Crippen LogP contribution >= 0.6 is 11.6 Å². The lowest BCUT2D eigenvalue weighted by atomic mass is 9.93. The molecule has 1 saturated carbocycles. The van der Waals surface area contributed by atoms with Crippen molar-refractivity contribution in [2.24, 2.45) is 5.92 Å². The molecule has 1 fully saturated rings. The summed E-state index contributed by atoms with van der Waals surface area (Å²) in [5.74, 6) is 0.980. The summed E-state index contributed by atoms with van der Waals surface area (Å²) in [4.78, 5) is 0. The van der Waals surface area contributed by atoms with E-state index in [1.807, 2.05) is 12.1 Å². The van der Waals surface area contributed by atoms with Crippen LogP contribution in [0, 0.1) is 5.92 Å². The number of rotatable bonds is 4. The van der Waals surface area contributed by atoms with Crippen molar-refractivity contribution < 1.29 is 5.11 Å². The molecule has 0 bridgehead atoms. The van der Waals surface area contributed by atoms with Gasteiger partial charge in [0, 0.05) is 18.2 Å². The van der Waals surface area contributed by atoms with Crippen molar-refractivity contribution in [2.75, 3.05) is 0 Å². The Labute approximate surface area is 121 Å². The highest BCUT2D eigenvalue weighted by Gasteiger charge is 2.18. The molecule has 0 amide bonds. The summed E-state index contributed by atoms with van der Waals surface area (Å²) in [6, 6.07) is 6.02. The highest BCUT2D eigenvalue weighted by Crippen LogP contribution is 2.28. The average molecular weight is 282 g/mol. The quantitative estimate of drug-likeness (QED) is 0.797. The Morgan fingerprint density at radius 3 is 2.63 bits per heavy atom. The van der Waals surface area contributed by atoms with E-state index in [-0.39, 0.29) is 5.75 Å². The number of phenols is 1. The highest BCUT2D eigenvalue weighted by molar-refractivity contribution is 6.32. The molecule has 0 spiro atoms. The highest BCUT2D eigenvalue weighted by atomic mass is 35.5. The Hall–Kier alpha value is -0.730. The van der Waals surface area contributed by atoms with E-state index in [1.54, 1.807) is 6.07 Å². The topological polar surface area (TPSA) is 32.3 Å². The van der Waals surface area contributed by atoms with Crippen LogP contribution in [0.15, 0.2) is 18.2 Å². The summed E-state index contributed by atoms with van der Waals surface area (Å²) in [5.41, 5.74) is 0.882. The van der Waals surface area contributed by atoms with Gasteiger partial charge in [-0.05, 0) is 31.7 Å². The first kappa shape index (κ1) is 14.7. The lowest BCUT2D eigenvalue weighted by Crippen LogP contribution is -2.32. The second-order valence-corrected chi connectivity index (χ2v) is 6.08. The van der Waals surface area contributed by atoms with Gasteiger partial charge >= 0.3 is 0 Å². The summed E-state index contributed by atoms with van der Waals surface area (Å²) in [7, 11) is 0. The fourth-order valence-corrected chi connectivity index (χ4v) is 3.15. The van der Waals surface area contributed by atoms with Crippen molar-refractivity contribution in [1.82, 2.24) is 5.32 Å². The Morgan fingerprint density at radius 1 is 1.26 bits per heavy atom. The summed E-state index contributed by atoms with van der Waals surface area (Å²) < 4.78 is 0. The standard InChI is InChI=1S/C16H24ClNO/c1-12(13-7-4-2-3-5-8-13)18-11-14-9-6-10-15(17)16(14)19/h6,9-10,12-13,18-19H,2-5,7-8,11H2,1H3/t12-/m0/s1. The molecular formula is C16H24ClNO. The van der Waals surface area contributed by atoms with E-state index in [0.717, 1.165) is 11.5 Å². The lowest BCUT2D eigenvalue weighted by Gasteiger charge is -2.24. The molecule has 0 aliphatic heterocycles. The maximum Gasteiger partial charge on any atom is 0.138 e. The number of phenolic OH excluding ortho intramolecular Hbond substituents is 1. The first-order chi connectivity index (χ1) is 9.18. The number of nitrogens with one attached hydrogen (secondary N) is 1. The number of hydrogen-bond donors (Lipinski definition) is 2. The molecule has 0 saturated heterocycles. The van der Waals surface area contributed by atoms with Crippen LogP contribution in [0.5, 0.6) is 5.75 Å². The molecule has 106 valence electrons. The van der Waals surface area contributed by atoms with Gasteiger partial charge in [-0.1, -0.05) is 49.4 Å². The van der Waals surface area contributed by atoms with E-state index in [2.05, 4.69) is 12.2 Å². The van der Waals surface area contributed by atoms with Gasteiger partial charge in [-0.3, -0.25) is 0 Å². The van der Waals surface area contributed by atoms with Crippen molar-refractivity contribution in [2.45, 2.75) is 58.0 Å². The molecule has 2 nitrogen and oxygen atoms in total. The molecule has 1 aliphatic carbocycles. The van der Waals surface area contributed by atoms with Gasteiger partial charge in [0.1, 0.15) is 5.75 Å². The second kappa shape index (κ2) is 7.16. The van der Waals surface area contributed by atoms with Gasteiger partial charge in [-0.25, -0.2) is 0 Å². The normalized spacial score (nSPS) is 19.1. The first-order valence-electron chi connectivity index (χ1n) is 7.38. The van der Waals surface area contributed by atoms with Gasteiger partial charge in [0.25, 0.3) is 0 Å². The van der Waals surface area contributed by atoms with Gasteiger partial charge in [-0.2, -0.15) is 0 Å². The zero-order chi connectivity index (χ0) is 13.7. The third-order valence-electron chi connectivity index (χ3n) is 4.29. The van der Waals surface area contributed by atoms with E-state index in [1.165, 1.54) is 38.5 Å². The predicted octanol–water partition coefficient (Wildman–Crippen LogP) is 4.49. The molecule has 2 rings (SSSR count). The van der Waals surface area contributed by atoms with E-state index in [4.69, 9.17) is 11.6 Å². The van der Waals surface area contributed by atoms with Gasteiger partial charge < -0.3 is 10.4 Å². The maximum absolute atomic E-state index is 9.89. The molecular weight excluding hydrogens is 258 g/mol. The van der Waals surface area contributed by atoms with Crippen LogP contribution in [-0.4, -0.2) is 11.1 Å². The number of aromatic hydroxyl groups is 1. The van der Waals surface area contributed by atoms with Crippen LogP contribution in [0.3, 0.4) is 0 Å². The molecule has 19 heavy (non-hydrogen) atoms. The molecule has 1 atom stereocenters. The molecule has 0 unspecified atom stereocenters. The fraction of sp³-hybridized carbons (Fsp3) is 0.625. The zero-order valence-electron chi connectivity index (χ0n) is 11.7. The molecule has 0 aromatic heterocycles. The molecule has 3 heteroatoms. The number of halogens is 1. The maximum atomic E-state index is 9.89. The smallest absolute Gasteiger partial charge is 0.138 e. The van der Waals surface area contributed by atoms with E-state index in [9.17, 15) is 5.11 Å². The average Bonchev–Trinajstić information content (AvgIpc) is 2.69. The van der Waals surface area contributed by atoms with Gasteiger partial charge in [0.2, 0.25) is 0 Å². The second-order valence-electron chi connectivity index (χ2n) is 5.67. The fourth-order valence-electron chi connectivity index (χ4n) is 2.95. The van der Waals surface area contributed by atoms with Crippen LogP contribution in [-0.2, 0) is 6.54 Å². The van der Waals surface area contributed by atoms with Crippen LogP contribution < -0.4 is 5.32 Å². The number of benzene rings is 1. The minimum atomic E-state index is 0.213. The van der Waals surface area contributed by atoms with Crippen LogP contribution in [0.1, 0.15) is 51.0 Å². The molecule has 0 radical (unpaired) electrons. The van der Waals surface area contributed by atoms with Gasteiger partial charge in [0.05, 0.1) is 5.02 Å². The molecule has 0 heterocycles.